The Morgan fingerprint density at radius 1 is 0.950 bits per heavy atom. The molecular weight excluding hydrogens is 242 g/mol. The van der Waals surface area contributed by atoms with Crippen molar-refractivity contribution in [1.82, 2.24) is 4.90 Å². The van der Waals surface area contributed by atoms with Crippen LogP contribution in [0.15, 0.2) is 60.7 Å². The van der Waals surface area contributed by atoms with Crippen LogP contribution in [0, 0.1) is 0 Å². The van der Waals surface area contributed by atoms with E-state index in [1.165, 1.54) is 30.5 Å². The Labute approximate surface area is 122 Å². The highest BCUT2D eigenvalue weighted by atomic mass is 15.1. The first-order chi connectivity index (χ1) is 9.84. The Morgan fingerprint density at radius 2 is 1.60 bits per heavy atom. The minimum atomic E-state index is 0.619. The molecule has 1 fully saturated rings. The maximum Gasteiger partial charge on any atom is 0.0201 e. The summed E-state index contributed by atoms with van der Waals surface area (Å²) in [5.74, 6) is 0.662. The molecule has 0 spiro atoms. The van der Waals surface area contributed by atoms with Crippen LogP contribution in [-0.4, -0.2) is 24.5 Å². The standard InChI is InChI=1S/C19H23N/c1-20-14-8-13-18(17-11-6-3-7-12-17)19(20)15-16-9-4-2-5-10-16/h2-7,9-12,18-19H,8,13-15H2,1H3/t18-,19-/m0/s1. The lowest BCUT2D eigenvalue weighted by Gasteiger charge is -2.39. The van der Waals surface area contributed by atoms with Crippen molar-refractivity contribution in [3.63, 3.8) is 0 Å². The van der Waals surface area contributed by atoms with Crippen molar-refractivity contribution in [2.75, 3.05) is 13.6 Å². The fraction of sp³-hybridized carbons (Fsp3) is 0.368. The van der Waals surface area contributed by atoms with Gasteiger partial charge in [-0.2, -0.15) is 0 Å². The molecule has 1 aliphatic heterocycles. The number of piperidine rings is 1. The Balaban J connectivity index is 1.84. The summed E-state index contributed by atoms with van der Waals surface area (Å²) in [5.41, 5.74) is 2.95. The van der Waals surface area contributed by atoms with E-state index in [1.807, 2.05) is 0 Å². The maximum absolute atomic E-state index is 2.55. The minimum Gasteiger partial charge on any atom is -0.302 e. The zero-order chi connectivity index (χ0) is 13.8. The minimum absolute atomic E-state index is 0.619. The van der Waals surface area contributed by atoms with E-state index in [2.05, 4.69) is 72.6 Å². The molecule has 0 N–H and O–H groups in total. The summed E-state index contributed by atoms with van der Waals surface area (Å²) in [6.07, 6.45) is 3.77. The Morgan fingerprint density at radius 3 is 2.30 bits per heavy atom. The van der Waals surface area contributed by atoms with E-state index in [1.54, 1.807) is 0 Å². The first kappa shape index (κ1) is 13.4. The third kappa shape index (κ3) is 2.94. The summed E-state index contributed by atoms with van der Waals surface area (Å²) in [4.78, 5) is 2.55. The van der Waals surface area contributed by atoms with Crippen molar-refractivity contribution >= 4 is 0 Å². The van der Waals surface area contributed by atoms with Crippen LogP contribution in [0.1, 0.15) is 29.9 Å². The lowest BCUT2D eigenvalue weighted by atomic mass is 9.81. The maximum atomic E-state index is 2.55. The fourth-order valence-electron chi connectivity index (χ4n) is 3.47. The molecule has 1 heteroatoms. The second-order valence-corrected chi connectivity index (χ2v) is 5.90. The van der Waals surface area contributed by atoms with Crippen LogP contribution in [0.2, 0.25) is 0 Å². The number of likely N-dealkylation sites (N-methyl/N-ethyl adjacent to an activating group) is 1. The van der Waals surface area contributed by atoms with E-state index in [0.717, 1.165) is 6.42 Å². The molecule has 2 atom stereocenters. The van der Waals surface area contributed by atoms with Crippen molar-refractivity contribution in [3.8, 4) is 0 Å². The van der Waals surface area contributed by atoms with Gasteiger partial charge in [-0.05, 0) is 49.9 Å². The number of hydrogen-bond acceptors (Lipinski definition) is 1. The van der Waals surface area contributed by atoms with Crippen LogP contribution in [0.25, 0.3) is 0 Å². The van der Waals surface area contributed by atoms with Gasteiger partial charge in [0.15, 0.2) is 0 Å². The lowest BCUT2D eigenvalue weighted by Crippen LogP contribution is -2.42. The van der Waals surface area contributed by atoms with Gasteiger partial charge in [0.1, 0.15) is 0 Å². The molecule has 0 radical (unpaired) electrons. The van der Waals surface area contributed by atoms with E-state index >= 15 is 0 Å². The van der Waals surface area contributed by atoms with Gasteiger partial charge >= 0.3 is 0 Å². The van der Waals surface area contributed by atoms with Gasteiger partial charge < -0.3 is 4.90 Å². The molecule has 0 aromatic heterocycles. The van der Waals surface area contributed by atoms with Crippen LogP contribution in [0.5, 0.6) is 0 Å². The molecule has 1 heterocycles. The molecule has 0 bridgehead atoms. The molecule has 0 aliphatic carbocycles. The van der Waals surface area contributed by atoms with E-state index in [4.69, 9.17) is 0 Å². The molecular formula is C19H23N. The van der Waals surface area contributed by atoms with Gasteiger partial charge in [-0.25, -0.2) is 0 Å². The van der Waals surface area contributed by atoms with Crippen LogP contribution >= 0.6 is 0 Å². The van der Waals surface area contributed by atoms with Crippen molar-refractivity contribution in [2.45, 2.75) is 31.2 Å². The summed E-state index contributed by atoms with van der Waals surface area (Å²) in [5, 5.41) is 0. The third-order valence-corrected chi connectivity index (χ3v) is 4.57. The zero-order valence-electron chi connectivity index (χ0n) is 12.2. The molecule has 1 saturated heterocycles. The lowest BCUT2D eigenvalue weighted by molar-refractivity contribution is 0.159. The monoisotopic (exact) mass is 265 g/mol. The SMILES string of the molecule is CN1CCC[C@@H](c2ccccc2)[C@@H]1Cc1ccccc1. The summed E-state index contributed by atoms with van der Waals surface area (Å²) >= 11 is 0. The second kappa shape index (κ2) is 6.23. The Kier molecular flexibility index (Phi) is 4.17. The highest BCUT2D eigenvalue weighted by Gasteiger charge is 2.30. The van der Waals surface area contributed by atoms with Crippen LogP contribution in [-0.2, 0) is 6.42 Å². The number of rotatable bonds is 3. The van der Waals surface area contributed by atoms with E-state index in [9.17, 15) is 0 Å². The third-order valence-electron chi connectivity index (χ3n) is 4.57. The molecule has 104 valence electrons. The smallest absolute Gasteiger partial charge is 0.0201 e. The van der Waals surface area contributed by atoms with E-state index in [0.29, 0.717) is 12.0 Å². The van der Waals surface area contributed by atoms with Crippen LogP contribution < -0.4 is 0 Å². The highest BCUT2D eigenvalue weighted by molar-refractivity contribution is 5.24. The average molecular weight is 265 g/mol. The Hall–Kier alpha value is -1.60. The van der Waals surface area contributed by atoms with Crippen molar-refractivity contribution in [1.29, 1.82) is 0 Å². The molecule has 20 heavy (non-hydrogen) atoms. The first-order valence-electron chi connectivity index (χ1n) is 7.64. The predicted octanol–water partition coefficient (Wildman–Crippen LogP) is 4.11. The molecule has 3 rings (SSSR count). The van der Waals surface area contributed by atoms with Crippen molar-refractivity contribution in [3.05, 3.63) is 71.8 Å². The number of benzene rings is 2. The molecule has 0 unspecified atom stereocenters. The van der Waals surface area contributed by atoms with E-state index < -0.39 is 0 Å². The molecule has 0 saturated carbocycles. The van der Waals surface area contributed by atoms with Gasteiger partial charge in [-0.1, -0.05) is 60.7 Å². The van der Waals surface area contributed by atoms with Crippen LogP contribution in [0.4, 0.5) is 0 Å². The first-order valence-corrected chi connectivity index (χ1v) is 7.64. The summed E-state index contributed by atoms with van der Waals surface area (Å²) in [6, 6.07) is 22.6. The van der Waals surface area contributed by atoms with Crippen LogP contribution in [0.3, 0.4) is 0 Å². The van der Waals surface area contributed by atoms with Gasteiger partial charge in [-0.3, -0.25) is 0 Å². The van der Waals surface area contributed by atoms with Crippen molar-refractivity contribution in [2.24, 2.45) is 0 Å². The quantitative estimate of drug-likeness (QED) is 0.807. The normalized spacial score (nSPS) is 23.6. The zero-order valence-corrected chi connectivity index (χ0v) is 12.2. The molecule has 2 aromatic carbocycles. The van der Waals surface area contributed by atoms with E-state index in [-0.39, 0.29) is 0 Å². The van der Waals surface area contributed by atoms with Gasteiger partial charge in [0.25, 0.3) is 0 Å². The molecule has 0 amide bonds. The van der Waals surface area contributed by atoms with Gasteiger partial charge in [0, 0.05) is 6.04 Å². The second-order valence-electron chi connectivity index (χ2n) is 5.90. The number of hydrogen-bond donors (Lipinski definition) is 0. The summed E-state index contributed by atoms with van der Waals surface area (Å²) in [6.45, 7) is 1.22. The largest absolute Gasteiger partial charge is 0.302 e. The number of likely N-dealkylation sites (tertiary alicyclic amines) is 1. The molecule has 2 aromatic rings. The highest BCUT2D eigenvalue weighted by Crippen LogP contribution is 2.33. The fourth-order valence-corrected chi connectivity index (χ4v) is 3.47. The topological polar surface area (TPSA) is 3.24 Å². The van der Waals surface area contributed by atoms with Gasteiger partial charge in [0.2, 0.25) is 0 Å². The molecule has 1 aliphatic rings. The van der Waals surface area contributed by atoms with Crippen molar-refractivity contribution < 1.29 is 0 Å². The number of nitrogens with zero attached hydrogens (tertiary/aromatic N) is 1. The van der Waals surface area contributed by atoms with Gasteiger partial charge in [0.05, 0.1) is 0 Å². The average Bonchev–Trinajstić information content (AvgIpc) is 2.51. The summed E-state index contributed by atoms with van der Waals surface area (Å²) in [7, 11) is 2.28. The summed E-state index contributed by atoms with van der Waals surface area (Å²) < 4.78 is 0. The molecule has 1 nitrogen and oxygen atoms in total. The predicted molar refractivity (Wildman–Crippen MR) is 85.0 cm³/mol. The van der Waals surface area contributed by atoms with Gasteiger partial charge in [-0.15, -0.1) is 0 Å². The Bertz CT molecular complexity index is 520.